The summed E-state index contributed by atoms with van der Waals surface area (Å²) in [5, 5.41) is 0. The highest BCUT2D eigenvalue weighted by Gasteiger charge is 2.47. The van der Waals surface area contributed by atoms with Crippen LogP contribution in [0.1, 0.15) is 38.4 Å². The Morgan fingerprint density at radius 2 is 1.69 bits per heavy atom. The van der Waals surface area contributed by atoms with Crippen molar-refractivity contribution in [3.8, 4) is 0 Å². The van der Waals surface area contributed by atoms with E-state index in [-0.39, 0.29) is 32.1 Å². The molecule has 1 aliphatic heterocycles. The van der Waals surface area contributed by atoms with Crippen molar-refractivity contribution in [3.05, 3.63) is 35.9 Å². The first kappa shape index (κ1) is 23.7. The zero-order chi connectivity index (χ0) is 21.3. The summed E-state index contributed by atoms with van der Waals surface area (Å²) in [5.74, 6) is -1.17. The van der Waals surface area contributed by atoms with E-state index >= 15 is 0 Å². The standard InChI is InChI=1S/C21H32O8/c1-21(2)28-17(11-16(26-13-23-3)12-18(22)25-5)20(29-21)19(27-14-24-4)15-9-7-6-8-10-15/h6-10,16-17,19-20H,11-14H2,1-5H3/t16-,17-,19-,20+/m1/s1. The Hall–Kier alpha value is -1.55. The molecule has 1 aliphatic rings. The van der Waals surface area contributed by atoms with Crippen LogP contribution in [0.15, 0.2) is 30.3 Å². The molecule has 29 heavy (non-hydrogen) atoms. The summed E-state index contributed by atoms with van der Waals surface area (Å²) in [4.78, 5) is 11.8. The third-order valence-corrected chi connectivity index (χ3v) is 4.55. The minimum Gasteiger partial charge on any atom is -0.469 e. The number of ether oxygens (including phenoxy) is 7. The molecule has 0 unspecified atom stereocenters. The normalized spacial score (nSPS) is 22.9. The number of carbonyl (C=O) groups is 1. The third kappa shape index (κ3) is 7.33. The first-order chi connectivity index (χ1) is 13.9. The number of methoxy groups -OCH3 is 3. The highest BCUT2D eigenvalue weighted by Crippen LogP contribution is 2.39. The predicted octanol–water partition coefficient (Wildman–Crippen LogP) is 2.81. The summed E-state index contributed by atoms with van der Waals surface area (Å²) in [7, 11) is 4.45. The minimum atomic E-state index is -0.810. The Labute approximate surface area is 172 Å². The molecule has 0 bridgehead atoms. The molecule has 164 valence electrons. The number of hydrogen-bond donors (Lipinski definition) is 0. The molecule has 4 atom stereocenters. The molecule has 0 spiro atoms. The van der Waals surface area contributed by atoms with Crippen LogP contribution in [-0.4, -0.2) is 65.0 Å². The van der Waals surface area contributed by atoms with Crippen LogP contribution in [0.5, 0.6) is 0 Å². The van der Waals surface area contributed by atoms with Crippen molar-refractivity contribution in [1.29, 1.82) is 0 Å². The van der Waals surface area contributed by atoms with Crippen LogP contribution in [0.4, 0.5) is 0 Å². The number of benzene rings is 1. The van der Waals surface area contributed by atoms with Gasteiger partial charge in [0.05, 0.1) is 25.7 Å². The zero-order valence-electron chi connectivity index (χ0n) is 17.8. The molecule has 1 aromatic rings. The van der Waals surface area contributed by atoms with Gasteiger partial charge in [-0.15, -0.1) is 0 Å². The molecule has 0 amide bonds. The molecule has 8 heteroatoms. The fourth-order valence-electron chi connectivity index (χ4n) is 3.37. The largest absolute Gasteiger partial charge is 0.469 e. The van der Waals surface area contributed by atoms with Gasteiger partial charge in [-0.1, -0.05) is 30.3 Å². The average Bonchev–Trinajstić information content (AvgIpc) is 3.01. The van der Waals surface area contributed by atoms with E-state index in [2.05, 4.69) is 0 Å². The SMILES string of the molecule is COCO[C@@H](CC(=O)OC)C[C@H]1OC(C)(C)O[C@@H]1[C@H](OCOC)c1ccccc1. The second-order valence-electron chi connectivity index (χ2n) is 7.25. The van der Waals surface area contributed by atoms with Crippen LogP contribution >= 0.6 is 0 Å². The maximum atomic E-state index is 11.8. The quantitative estimate of drug-likeness (QED) is 0.383. The second kappa shape index (κ2) is 11.6. The van der Waals surface area contributed by atoms with Gasteiger partial charge < -0.3 is 33.2 Å². The first-order valence-electron chi connectivity index (χ1n) is 9.58. The summed E-state index contributed by atoms with van der Waals surface area (Å²) in [5.41, 5.74) is 0.947. The van der Waals surface area contributed by atoms with Crippen molar-refractivity contribution in [2.75, 3.05) is 34.9 Å². The summed E-state index contributed by atoms with van der Waals surface area (Å²) in [6, 6.07) is 9.76. The lowest BCUT2D eigenvalue weighted by atomic mass is 9.96. The molecule has 0 radical (unpaired) electrons. The Morgan fingerprint density at radius 3 is 2.31 bits per heavy atom. The molecule has 0 saturated carbocycles. The van der Waals surface area contributed by atoms with Crippen molar-refractivity contribution in [3.63, 3.8) is 0 Å². The van der Waals surface area contributed by atoms with Crippen LogP contribution in [-0.2, 0) is 38.0 Å². The number of hydrogen-bond acceptors (Lipinski definition) is 8. The highest BCUT2D eigenvalue weighted by atomic mass is 16.8. The number of esters is 1. The summed E-state index contributed by atoms with van der Waals surface area (Å²) in [6.07, 6.45) is -1.17. The molecule has 2 rings (SSSR count). The van der Waals surface area contributed by atoms with E-state index in [1.165, 1.54) is 14.2 Å². The van der Waals surface area contributed by atoms with E-state index in [9.17, 15) is 4.79 Å². The lowest BCUT2D eigenvalue weighted by Gasteiger charge is -2.28. The second-order valence-corrected chi connectivity index (χ2v) is 7.25. The van der Waals surface area contributed by atoms with Crippen LogP contribution < -0.4 is 0 Å². The molecular weight excluding hydrogens is 380 g/mol. The molecule has 0 aliphatic carbocycles. The third-order valence-electron chi connectivity index (χ3n) is 4.55. The van der Waals surface area contributed by atoms with E-state index in [0.29, 0.717) is 6.42 Å². The Morgan fingerprint density at radius 1 is 1.03 bits per heavy atom. The van der Waals surface area contributed by atoms with Crippen molar-refractivity contribution < 1.29 is 38.0 Å². The van der Waals surface area contributed by atoms with Gasteiger partial charge in [-0.05, 0) is 19.4 Å². The van der Waals surface area contributed by atoms with Gasteiger partial charge in [-0.2, -0.15) is 0 Å². The van der Waals surface area contributed by atoms with Gasteiger partial charge in [0, 0.05) is 20.6 Å². The van der Waals surface area contributed by atoms with Crippen LogP contribution in [0.25, 0.3) is 0 Å². The summed E-state index contributed by atoms with van der Waals surface area (Å²) in [6.45, 7) is 3.87. The maximum absolute atomic E-state index is 11.8. The van der Waals surface area contributed by atoms with Crippen molar-refractivity contribution >= 4 is 5.97 Å². The maximum Gasteiger partial charge on any atom is 0.308 e. The van der Waals surface area contributed by atoms with Gasteiger partial charge in [-0.3, -0.25) is 4.79 Å². The number of rotatable bonds is 12. The zero-order valence-corrected chi connectivity index (χ0v) is 17.8. The monoisotopic (exact) mass is 412 g/mol. The van der Waals surface area contributed by atoms with Crippen LogP contribution in [0, 0.1) is 0 Å². The molecule has 0 aromatic heterocycles. The average molecular weight is 412 g/mol. The lowest BCUT2D eigenvalue weighted by molar-refractivity contribution is -0.171. The Balaban J connectivity index is 2.22. The van der Waals surface area contributed by atoms with Gasteiger partial charge in [0.2, 0.25) is 0 Å². The topological polar surface area (TPSA) is 81.7 Å². The Bertz CT molecular complexity index is 606. The van der Waals surface area contributed by atoms with E-state index in [1.54, 1.807) is 7.11 Å². The molecule has 0 N–H and O–H groups in total. The van der Waals surface area contributed by atoms with E-state index in [4.69, 9.17) is 33.2 Å². The first-order valence-corrected chi connectivity index (χ1v) is 9.58. The predicted molar refractivity (Wildman–Crippen MR) is 104 cm³/mol. The minimum absolute atomic E-state index is 0.0611. The van der Waals surface area contributed by atoms with Gasteiger partial charge >= 0.3 is 5.97 Å². The van der Waals surface area contributed by atoms with Crippen LogP contribution in [0.3, 0.4) is 0 Å². The molecule has 1 saturated heterocycles. The Kier molecular flexibility index (Phi) is 9.48. The fraction of sp³-hybridized carbons (Fsp3) is 0.667. The van der Waals surface area contributed by atoms with Gasteiger partial charge in [0.1, 0.15) is 25.8 Å². The molecular formula is C21H32O8. The highest BCUT2D eigenvalue weighted by molar-refractivity contribution is 5.69. The fourth-order valence-corrected chi connectivity index (χ4v) is 3.37. The molecule has 8 nitrogen and oxygen atoms in total. The molecule has 1 heterocycles. The summed E-state index contributed by atoms with van der Waals surface area (Å²) >= 11 is 0. The van der Waals surface area contributed by atoms with Crippen molar-refractivity contribution in [2.45, 2.75) is 56.9 Å². The molecule has 1 aromatic carbocycles. The van der Waals surface area contributed by atoms with Gasteiger partial charge in [-0.25, -0.2) is 0 Å². The van der Waals surface area contributed by atoms with Gasteiger partial charge in [0.15, 0.2) is 5.79 Å². The lowest BCUT2D eigenvalue weighted by Crippen LogP contribution is -2.35. The summed E-state index contributed by atoms with van der Waals surface area (Å²) < 4.78 is 38.9. The van der Waals surface area contributed by atoms with E-state index in [0.717, 1.165) is 5.56 Å². The van der Waals surface area contributed by atoms with Crippen molar-refractivity contribution in [2.24, 2.45) is 0 Å². The van der Waals surface area contributed by atoms with E-state index < -0.39 is 24.1 Å². The van der Waals surface area contributed by atoms with E-state index in [1.807, 2.05) is 44.2 Å². The van der Waals surface area contributed by atoms with Crippen LogP contribution in [0.2, 0.25) is 0 Å². The smallest absolute Gasteiger partial charge is 0.308 e. The number of carbonyl (C=O) groups excluding carboxylic acids is 1. The van der Waals surface area contributed by atoms with Crippen molar-refractivity contribution in [1.82, 2.24) is 0 Å². The van der Waals surface area contributed by atoms with Gasteiger partial charge in [0.25, 0.3) is 0 Å². The molecule has 1 fully saturated rings.